The Kier molecular flexibility index (Phi) is 5.07. The number of hydrogen-bond donors (Lipinski definition) is 0. The normalized spacial score (nSPS) is 11.2. The zero-order valence-corrected chi connectivity index (χ0v) is 15.9. The summed E-state index contributed by atoms with van der Waals surface area (Å²) in [6.45, 7) is 2.27. The van der Waals surface area contributed by atoms with E-state index in [1.165, 1.54) is 6.07 Å². The van der Waals surface area contributed by atoms with Crippen molar-refractivity contribution in [1.82, 2.24) is 9.38 Å². The molecule has 4 rings (SSSR count). The van der Waals surface area contributed by atoms with Gasteiger partial charge in [-0.15, -0.1) is 0 Å². The Hall–Kier alpha value is -3.93. The van der Waals surface area contributed by atoms with E-state index in [4.69, 9.17) is 4.74 Å². The van der Waals surface area contributed by atoms with Gasteiger partial charge in [0, 0.05) is 18.0 Å². The number of fused-ring (bicyclic) bond motifs is 1. The Morgan fingerprint density at radius 3 is 2.62 bits per heavy atom. The highest BCUT2D eigenvalue weighted by atomic mass is 16.6. The lowest BCUT2D eigenvalue weighted by atomic mass is 10.1. The lowest BCUT2D eigenvalue weighted by Gasteiger charge is -2.08. The highest BCUT2D eigenvalue weighted by molar-refractivity contribution is 5.72. The standard InChI is InChI=1S/C23H19N3O3/c1-17-20(24-23-9-5-6-14-25(17)23)12-10-18-11-13-21(26(27)28)22(15-18)29-16-19-7-3-2-4-8-19/h2-15H,16H2,1H3/b12-10+. The van der Waals surface area contributed by atoms with Crippen molar-refractivity contribution in [2.24, 2.45) is 0 Å². The SMILES string of the molecule is Cc1c(/C=C/c2ccc([N+](=O)[O-])c(OCc3ccccc3)c2)nc2ccccn12. The Balaban J connectivity index is 1.61. The lowest BCUT2D eigenvalue weighted by molar-refractivity contribution is -0.385. The molecule has 2 aromatic carbocycles. The van der Waals surface area contributed by atoms with Crippen LogP contribution in [-0.2, 0) is 6.61 Å². The molecule has 144 valence electrons. The molecule has 0 aliphatic heterocycles. The summed E-state index contributed by atoms with van der Waals surface area (Å²) in [5.41, 5.74) is 4.45. The summed E-state index contributed by atoms with van der Waals surface area (Å²) < 4.78 is 7.77. The fourth-order valence-corrected chi connectivity index (χ4v) is 3.11. The van der Waals surface area contributed by atoms with Crippen molar-refractivity contribution in [1.29, 1.82) is 0 Å². The molecule has 0 aliphatic carbocycles. The first-order chi connectivity index (χ1) is 14.1. The van der Waals surface area contributed by atoms with Gasteiger partial charge in [0.15, 0.2) is 5.75 Å². The van der Waals surface area contributed by atoms with E-state index in [1.807, 2.05) is 78.2 Å². The predicted molar refractivity (Wildman–Crippen MR) is 113 cm³/mol. The van der Waals surface area contributed by atoms with Crippen LogP contribution in [0.4, 0.5) is 5.69 Å². The maximum absolute atomic E-state index is 11.4. The zero-order chi connectivity index (χ0) is 20.2. The van der Waals surface area contributed by atoms with Gasteiger partial charge in [-0.1, -0.05) is 42.5 Å². The second-order valence-corrected chi connectivity index (χ2v) is 6.60. The van der Waals surface area contributed by atoms with E-state index in [9.17, 15) is 10.1 Å². The summed E-state index contributed by atoms with van der Waals surface area (Å²) in [5.74, 6) is 0.243. The first kappa shape index (κ1) is 18.4. The van der Waals surface area contributed by atoms with E-state index >= 15 is 0 Å². The Morgan fingerprint density at radius 1 is 1.07 bits per heavy atom. The first-order valence-electron chi connectivity index (χ1n) is 9.19. The van der Waals surface area contributed by atoms with Gasteiger partial charge in [0.1, 0.15) is 12.3 Å². The van der Waals surface area contributed by atoms with E-state index in [0.29, 0.717) is 0 Å². The van der Waals surface area contributed by atoms with Crippen molar-refractivity contribution < 1.29 is 9.66 Å². The fraction of sp³-hybridized carbons (Fsp3) is 0.0870. The molecule has 2 heterocycles. The van der Waals surface area contributed by atoms with E-state index in [2.05, 4.69) is 4.98 Å². The highest BCUT2D eigenvalue weighted by Gasteiger charge is 2.15. The molecule has 4 aromatic rings. The van der Waals surface area contributed by atoms with Crippen LogP contribution in [0.25, 0.3) is 17.8 Å². The van der Waals surface area contributed by atoms with Gasteiger partial charge in [0.05, 0.1) is 10.6 Å². The molecule has 0 fully saturated rings. The molecule has 0 saturated carbocycles. The first-order valence-corrected chi connectivity index (χ1v) is 9.19. The lowest BCUT2D eigenvalue weighted by Crippen LogP contribution is -1.99. The number of ether oxygens (including phenoxy) is 1. The summed E-state index contributed by atoms with van der Waals surface area (Å²) in [6, 6.07) is 20.3. The van der Waals surface area contributed by atoms with Crippen molar-refractivity contribution in [2.45, 2.75) is 13.5 Å². The van der Waals surface area contributed by atoms with Crippen LogP contribution in [0.1, 0.15) is 22.5 Å². The van der Waals surface area contributed by atoms with Crippen LogP contribution in [0.5, 0.6) is 5.75 Å². The Bertz CT molecular complexity index is 1200. The van der Waals surface area contributed by atoms with Gasteiger partial charge >= 0.3 is 5.69 Å². The summed E-state index contributed by atoms with van der Waals surface area (Å²) in [5, 5.41) is 11.4. The maximum atomic E-state index is 11.4. The van der Waals surface area contributed by atoms with Crippen LogP contribution >= 0.6 is 0 Å². The largest absolute Gasteiger partial charge is 0.482 e. The van der Waals surface area contributed by atoms with Crippen LogP contribution in [0.15, 0.2) is 72.9 Å². The average molecular weight is 385 g/mol. The minimum Gasteiger partial charge on any atom is -0.482 e. The number of pyridine rings is 1. The van der Waals surface area contributed by atoms with Gasteiger partial charge in [0.25, 0.3) is 0 Å². The molecular formula is C23H19N3O3. The molecule has 0 atom stereocenters. The third-order valence-corrected chi connectivity index (χ3v) is 4.66. The molecule has 6 heteroatoms. The second-order valence-electron chi connectivity index (χ2n) is 6.60. The molecule has 0 saturated heterocycles. The number of imidazole rings is 1. The number of nitrogens with zero attached hydrogens (tertiary/aromatic N) is 3. The molecule has 6 nitrogen and oxygen atoms in total. The monoisotopic (exact) mass is 385 g/mol. The third-order valence-electron chi connectivity index (χ3n) is 4.66. The van der Waals surface area contributed by atoms with Crippen LogP contribution < -0.4 is 4.74 Å². The van der Waals surface area contributed by atoms with Gasteiger partial charge in [0.2, 0.25) is 0 Å². The van der Waals surface area contributed by atoms with Crippen LogP contribution in [0, 0.1) is 17.0 Å². The molecule has 29 heavy (non-hydrogen) atoms. The minimum absolute atomic E-state index is 0.0537. The van der Waals surface area contributed by atoms with Crippen molar-refractivity contribution >= 4 is 23.5 Å². The molecule has 0 aliphatic rings. The highest BCUT2D eigenvalue weighted by Crippen LogP contribution is 2.29. The average Bonchev–Trinajstić information content (AvgIpc) is 3.07. The number of hydrogen-bond acceptors (Lipinski definition) is 4. The Labute approximate surface area is 167 Å². The number of benzene rings is 2. The van der Waals surface area contributed by atoms with Gasteiger partial charge in [-0.25, -0.2) is 4.98 Å². The number of nitro groups is 1. The maximum Gasteiger partial charge on any atom is 0.310 e. The molecule has 0 radical (unpaired) electrons. The van der Waals surface area contributed by atoms with Crippen molar-refractivity contribution in [3.05, 3.63) is 106 Å². The van der Waals surface area contributed by atoms with Gasteiger partial charge in [-0.05, 0) is 48.4 Å². The predicted octanol–water partition coefficient (Wildman–Crippen LogP) is 5.30. The van der Waals surface area contributed by atoms with Gasteiger partial charge < -0.3 is 9.14 Å². The molecule has 2 aromatic heterocycles. The van der Waals surface area contributed by atoms with E-state index in [0.717, 1.165) is 28.2 Å². The number of nitro benzene ring substituents is 1. The van der Waals surface area contributed by atoms with Crippen LogP contribution in [0.3, 0.4) is 0 Å². The van der Waals surface area contributed by atoms with Crippen molar-refractivity contribution in [3.63, 3.8) is 0 Å². The molecule has 0 amide bonds. The zero-order valence-electron chi connectivity index (χ0n) is 15.9. The van der Waals surface area contributed by atoms with Crippen LogP contribution in [0.2, 0.25) is 0 Å². The van der Waals surface area contributed by atoms with Gasteiger partial charge in [-0.2, -0.15) is 0 Å². The van der Waals surface area contributed by atoms with E-state index < -0.39 is 4.92 Å². The number of aryl methyl sites for hydroxylation is 1. The van der Waals surface area contributed by atoms with Gasteiger partial charge in [-0.3, -0.25) is 10.1 Å². The molecule has 0 N–H and O–H groups in total. The quantitative estimate of drug-likeness (QED) is 0.334. The van der Waals surface area contributed by atoms with E-state index in [-0.39, 0.29) is 18.0 Å². The number of aromatic nitrogens is 2. The molecule has 0 unspecified atom stereocenters. The minimum atomic E-state index is -0.430. The smallest absolute Gasteiger partial charge is 0.310 e. The molecule has 0 spiro atoms. The Morgan fingerprint density at radius 2 is 1.86 bits per heavy atom. The van der Waals surface area contributed by atoms with E-state index in [1.54, 1.807) is 12.1 Å². The third kappa shape index (κ3) is 4.01. The van der Waals surface area contributed by atoms with Crippen LogP contribution in [-0.4, -0.2) is 14.3 Å². The summed E-state index contributed by atoms with van der Waals surface area (Å²) in [4.78, 5) is 15.5. The molecule has 0 bridgehead atoms. The topological polar surface area (TPSA) is 69.7 Å². The summed E-state index contributed by atoms with van der Waals surface area (Å²) >= 11 is 0. The van der Waals surface area contributed by atoms with Crippen molar-refractivity contribution in [3.8, 4) is 5.75 Å². The summed E-state index contributed by atoms with van der Waals surface area (Å²) in [6.07, 6.45) is 5.76. The number of rotatable bonds is 6. The van der Waals surface area contributed by atoms with Crippen molar-refractivity contribution in [2.75, 3.05) is 0 Å². The second kappa shape index (κ2) is 7.98. The molecular weight excluding hydrogens is 366 g/mol. The fourth-order valence-electron chi connectivity index (χ4n) is 3.11. The summed E-state index contributed by atoms with van der Waals surface area (Å²) in [7, 11) is 0.